The van der Waals surface area contributed by atoms with E-state index in [-0.39, 0.29) is 10.5 Å². The van der Waals surface area contributed by atoms with E-state index in [0.717, 1.165) is 6.42 Å². The van der Waals surface area contributed by atoms with Crippen molar-refractivity contribution < 1.29 is 18.0 Å². The molecule has 2 amide bonds. The number of rotatable bonds is 5. The molecular formula is C22H27N3O4S. The van der Waals surface area contributed by atoms with Crippen LogP contribution in [-0.4, -0.2) is 37.6 Å². The van der Waals surface area contributed by atoms with E-state index in [1.54, 1.807) is 37.3 Å². The van der Waals surface area contributed by atoms with Gasteiger partial charge in [-0.15, -0.1) is 0 Å². The Morgan fingerprint density at radius 3 is 2.33 bits per heavy atom. The Kier molecular flexibility index (Phi) is 6.28. The minimum atomic E-state index is -3.68. The van der Waals surface area contributed by atoms with Crippen LogP contribution >= 0.6 is 0 Å². The van der Waals surface area contributed by atoms with Gasteiger partial charge in [-0.2, -0.15) is 4.31 Å². The van der Waals surface area contributed by atoms with Crippen LogP contribution in [0.3, 0.4) is 0 Å². The minimum absolute atomic E-state index is 0.108. The lowest BCUT2D eigenvalue weighted by Crippen LogP contribution is -2.42. The largest absolute Gasteiger partial charge is 0.366 e. The maximum absolute atomic E-state index is 13.1. The topological polar surface area (TPSA) is 110 Å². The van der Waals surface area contributed by atoms with Crippen molar-refractivity contribution in [3.8, 4) is 0 Å². The molecule has 2 aromatic carbocycles. The second-order valence-corrected chi connectivity index (χ2v) is 10.1. The summed E-state index contributed by atoms with van der Waals surface area (Å²) in [5.74, 6) is -0.383. The van der Waals surface area contributed by atoms with Crippen molar-refractivity contribution in [2.75, 3.05) is 18.4 Å². The Morgan fingerprint density at radius 2 is 1.73 bits per heavy atom. The number of carbonyl (C=O) groups is 2. The number of nitrogens with two attached hydrogens (primary N) is 1. The van der Waals surface area contributed by atoms with Crippen molar-refractivity contribution in [1.29, 1.82) is 0 Å². The molecule has 1 saturated heterocycles. The van der Waals surface area contributed by atoms with E-state index in [2.05, 4.69) is 5.32 Å². The van der Waals surface area contributed by atoms with Crippen LogP contribution < -0.4 is 11.1 Å². The Bertz CT molecular complexity index is 1070. The second kappa shape index (κ2) is 8.57. The first-order valence-electron chi connectivity index (χ1n) is 9.90. The van der Waals surface area contributed by atoms with E-state index in [1.165, 1.54) is 16.4 Å². The fourth-order valence-electron chi connectivity index (χ4n) is 3.97. The normalized spacial score (nSPS) is 20.0. The van der Waals surface area contributed by atoms with Gasteiger partial charge >= 0.3 is 0 Å². The molecule has 1 aliphatic heterocycles. The number of hydrogen-bond acceptors (Lipinski definition) is 4. The third kappa shape index (κ3) is 4.71. The van der Waals surface area contributed by atoms with Crippen molar-refractivity contribution in [3.05, 3.63) is 59.2 Å². The SMILES string of the molecule is Cc1cc(NC(=O)c2cccc(S(=O)(=O)N3CC(C)CC(C)C3)c2)ccc1C(N)=O. The fraction of sp³-hybridized carbons (Fsp3) is 0.364. The van der Waals surface area contributed by atoms with Gasteiger partial charge in [-0.05, 0) is 67.1 Å². The third-order valence-corrected chi connectivity index (χ3v) is 7.15. The van der Waals surface area contributed by atoms with Crippen LogP contribution in [0.25, 0.3) is 0 Å². The molecule has 0 aliphatic carbocycles. The van der Waals surface area contributed by atoms with Crippen molar-refractivity contribution in [2.24, 2.45) is 17.6 Å². The number of hydrogen-bond donors (Lipinski definition) is 2. The molecule has 1 heterocycles. The van der Waals surface area contributed by atoms with Crippen LogP contribution in [-0.2, 0) is 10.0 Å². The van der Waals surface area contributed by atoms with Crippen molar-refractivity contribution >= 4 is 27.5 Å². The average Bonchev–Trinajstić information content (AvgIpc) is 2.67. The van der Waals surface area contributed by atoms with Gasteiger partial charge in [0.2, 0.25) is 15.9 Å². The summed E-state index contributed by atoms with van der Waals surface area (Å²) < 4.78 is 27.7. The van der Waals surface area contributed by atoms with E-state index in [4.69, 9.17) is 5.73 Å². The summed E-state index contributed by atoms with van der Waals surface area (Å²) in [4.78, 5) is 24.2. The van der Waals surface area contributed by atoms with Gasteiger partial charge in [-0.1, -0.05) is 19.9 Å². The quantitative estimate of drug-likeness (QED) is 0.761. The number of sulfonamides is 1. The average molecular weight is 430 g/mol. The Labute approximate surface area is 177 Å². The van der Waals surface area contributed by atoms with Gasteiger partial charge in [-0.3, -0.25) is 9.59 Å². The molecule has 1 fully saturated rings. The molecule has 3 N–H and O–H groups in total. The van der Waals surface area contributed by atoms with Crippen LogP contribution in [0, 0.1) is 18.8 Å². The molecule has 2 aromatic rings. The molecular weight excluding hydrogens is 402 g/mol. The number of piperidine rings is 1. The number of nitrogens with one attached hydrogen (secondary N) is 1. The van der Waals surface area contributed by atoms with Gasteiger partial charge in [0.15, 0.2) is 0 Å². The minimum Gasteiger partial charge on any atom is -0.366 e. The van der Waals surface area contributed by atoms with E-state index < -0.39 is 21.8 Å². The number of primary amides is 1. The van der Waals surface area contributed by atoms with Gasteiger partial charge in [0.1, 0.15) is 0 Å². The first kappa shape index (κ1) is 22.0. The van der Waals surface area contributed by atoms with Gasteiger partial charge in [0.05, 0.1) is 4.90 Å². The molecule has 8 heteroatoms. The lowest BCUT2D eigenvalue weighted by molar-refractivity contribution is 0.0997. The monoisotopic (exact) mass is 429 g/mol. The molecule has 0 radical (unpaired) electrons. The van der Waals surface area contributed by atoms with Crippen LogP contribution in [0.15, 0.2) is 47.4 Å². The highest BCUT2D eigenvalue weighted by atomic mass is 32.2. The number of nitrogens with zero attached hydrogens (tertiary/aromatic N) is 1. The highest BCUT2D eigenvalue weighted by Gasteiger charge is 2.32. The Balaban J connectivity index is 1.82. The Morgan fingerprint density at radius 1 is 1.07 bits per heavy atom. The summed E-state index contributed by atoms with van der Waals surface area (Å²) in [5, 5.41) is 2.74. The molecule has 7 nitrogen and oxygen atoms in total. The number of amides is 2. The summed E-state index contributed by atoms with van der Waals surface area (Å²) in [6.07, 6.45) is 1.00. The molecule has 160 valence electrons. The van der Waals surface area contributed by atoms with Gasteiger partial charge in [0, 0.05) is 29.9 Å². The van der Waals surface area contributed by atoms with E-state index in [0.29, 0.717) is 41.7 Å². The lowest BCUT2D eigenvalue weighted by Gasteiger charge is -2.34. The first-order valence-corrected chi connectivity index (χ1v) is 11.3. The zero-order valence-corrected chi connectivity index (χ0v) is 18.2. The first-order chi connectivity index (χ1) is 14.1. The van der Waals surface area contributed by atoms with Gasteiger partial charge in [-0.25, -0.2) is 8.42 Å². The van der Waals surface area contributed by atoms with Crippen LogP contribution in [0.1, 0.15) is 46.5 Å². The molecule has 0 bridgehead atoms. The number of anilines is 1. The van der Waals surface area contributed by atoms with E-state index in [1.807, 2.05) is 13.8 Å². The molecule has 3 rings (SSSR count). The second-order valence-electron chi connectivity index (χ2n) is 8.14. The van der Waals surface area contributed by atoms with Crippen molar-refractivity contribution in [3.63, 3.8) is 0 Å². The van der Waals surface area contributed by atoms with E-state index >= 15 is 0 Å². The zero-order chi connectivity index (χ0) is 22.1. The number of carbonyl (C=O) groups excluding carboxylic acids is 2. The summed E-state index contributed by atoms with van der Waals surface area (Å²) in [6.45, 7) is 6.79. The molecule has 0 aromatic heterocycles. The van der Waals surface area contributed by atoms with Crippen LogP contribution in [0.4, 0.5) is 5.69 Å². The van der Waals surface area contributed by atoms with Gasteiger partial charge in [0.25, 0.3) is 5.91 Å². The summed E-state index contributed by atoms with van der Waals surface area (Å²) in [5.41, 5.74) is 7.07. The summed E-state index contributed by atoms with van der Waals surface area (Å²) in [6, 6.07) is 10.8. The standard InChI is InChI=1S/C22H27N3O4S/c1-14-9-15(2)13-25(12-14)30(28,29)19-6-4-5-17(11-19)22(27)24-18-7-8-20(21(23)26)16(3)10-18/h4-8,10-11,14-15H,9,12-13H2,1-3H3,(H2,23,26)(H,24,27). The summed E-state index contributed by atoms with van der Waals surface area (Å²) >= 11 is 0. The van der Waals surface area contributed by atoms with Crippen molar-refractivity contribution in [2.45, 2.75) is 32.1 Å². The van der Waals surface area contributed by atoms with Crippen LogP contribution in [0.2, 0.25) is 0 Å². The smallest absolute Gasteiger partial charge is 0.255 e. The molecule has 0 spiro atoms. The predicted octanol–water partition coefficient (Wildman–Crippen LogP) is 3.01. The maximum atomic E-state index is 13.1. The zero-order valence-electron chi connectivity index (χ0n) is 17.4. The number of aryl methyl sites for hydroxylation is 1. The third-order valence-electron chi connectivity index (χ3n) is 5.32. The summed E-state index contributed by atoms with van der Waals surface area (Å²) in [7, 11) is -3.68. The molecule has 2 unspecified atom stereocenters. The highest BCUT2D eigenvalue weighted by molar-refractivity contribution is 7.89. The molecule has 2 atom stereocenters. The predicted molar refractivity (Wildman–Crippen MR) is 116 cm³/mol. The highest BCUT2D eigenvalue weighted by Crippen LogP contribution is 2.27. The fourth-order valence-corrected chi connectivity index (χ4v) is 5.70. The molecule has 1 aliphatic rings. The van der Waals surface area contributed by atoms with Crippen molar-refractivity contribution in [1.82, 2.24) is 4.31 Å². The number of benzene rings is 2. The molecule has 30 heavy (non-hydrogen) atoms. The Hall–Kier alpha value is -2.71. The van der Waals surface area contributed by atoms with Gasteiger partial charge < -0.3 is 11.1 Å². The maximum Gasteiger partial charge on any atom is 0.255 e. The lowest BCUT2D eigenvalue weighted by atomic mass is 9.94. The van der Waals surface area contributed by atoms with Crippen LogP contribution in [0.5, 0.6) is 0 Å². The van der Waals surface area contributed by atoms with E-state index in [9.17, 15) is 18.0 Å². The molecule has 0 saturated carbocycles.